The summed E-state index contributed by atoms with van der Waals surface area (Å²) in [5, 5.41) is 3.23. The molecule has 0 heterocycles. The lowest BCUT2D eigenvalue weighted by Crippen LogP contribution is -2.14. The fourth-order valence-electron chi connectivity index (χ4n) is 0.751. The molecule has 0 aliphatic carbocycles. The van der Waals surface area contributed by atoms with E-state index in [1.807, 2.05) is 6.08 Å². The van der Waals surface area contributed by atoms with Crippen LogP contribution in [0.15, 0.2) is 11.6 Å². The van der Waals surface area contributed by atoms with Crippen LogP contribution in [-0.4, -0.2) is 19.0 Å². The second-order valence-corrected chi connectivity index (χ2v) is 2.95. The molecule has 1 nitrogen and oxygen atoms in total. The molecule has 11 heavy (non-hydrogen) atoms. The summed E-state index contributed by atoms with van der Waals surface area (Å²) < 4.78 is 0. The number of unbranched alkanes of at least 4 members (excludes halogenated alkanes) is 2. The van der Waals surface area contributed by atoms with Gasteiger partial charge in [0.25, 0.3) is 0 Å². The van der Waals surface area contributed by atoms with Crippen LogP contribution < -0.4 is 5.32 Å². The van der Waals surface area contributed by atoms with Gasteiger partial charge in [-0.15, -0.1) is 11.6 Å². The molecule has 3 heteroatoms. The lowest BCUT2D eigenvalue weighted by molar-refractivity contribution is 0.648. The third-order valence-corrected chi connectivity index (χ3v) is 1.78. The second kappa shape index (κ2) is 10.3. The molecule has 0 aromatic rings. The predicted molar refractivity (Wildman–Crippen MR) is 52.4 cm³/mol. The Balaban J connectivity index is 2.79. The molecule has 0 atom stereocenters. The minimum atomic E-state index is 0.779. The van der Waals surface area contributed by atoms with Crippen LogP contribution >= 0.6 is 23.2 Å². The molecule has 0 saturated carbocycles. The summed E-state index contributed by atoms with van der Waals surface area (Å²) in [6.45, 7) is 1.92. The van der Waals surface area contributed by atoms with Crippen LogP contribution in [-0.2, 0) is 0 Å². The third kappa shape index (κ3) is 10.3. The summed E-state index contributed by atoms with van der Waals surface area (Å²) in [5.74, 6) is 0.779. The van der Waals surface area contributed by atoms with Gasteiger partial charge in [0, 0.05) is 18.0 Å². The summed E-state index contributed by atoms with van der Waals surface area (Å²) >= 11 is 10.8. The van der Waals surface area contributed by atoms with Crippen LogP contribution in [0.3, 0.4) is 0 Å². The number of hydrogen-bond acceptors (Lipinski definition) is 1. The molecular formula is C8H15Cl2N. The molecule has 0 fully saturated rings. The quantitative estimate of drug-likeness (QED) is 0.487. The minimum absolute atomic E-state index is 0.779. The molecule has 66 valence electrons. The van der Waals surface area contributed by atoms with Gasteiger partial charge in [-0.25, -0.2) is 0 Å². The van der Waals surface area contributed by atoms with E-state index >= 15 is 0 Å². The van der Waals surface area contributed by atoms with E-state index in [-0.39, 0.29) is 0 Å². The van der Waals surface area contributed by atoms with Gasteiger partial charge in [-0.05, 0) is 19.4 Å². The van der Waals surface area contributed by atoms with Crippen molar-refractivity contribution in [2.24, 2.45) is 0 Å². The van der Waals surface area contributed by atoms with E-state index in [9.17, 15) is 0 Å². The highest BCUT2D eigenvalue weighted by atomic mass is 35.5. The first kappa shape index (κ1) is 11.3. The Morgan fingerprint density at radius 2 is 2.00 bits per heavy atom. The largest absolute Gasteiger partial charge is 0.313 e. The molecule has 0 aliphatic rings. The molecular weight excluding hydrogens is 181 g/mol. The van der Waals surface area contributed by atoms with Crippen LogP contribution in [0.25, 0.3) is 0 Å². The van der Waals surface area contributed by atoms with Crippen LogP contribution in [0.2, 0.25) is 0 Å². The Kier molecular flexibility index (Phi) is 10.5. The van der Waals surface area contributed by atoms with Crippen molar-refractivity contribution in [3.63, 3.8) is 0 Å². The molecule has 0 aliphatic heterocycles. The molecule has 0 radical (unpaired) electrons. The highest BCUT2D eigenvalue weighted by molar-refractivity contribution is 6.25. The smallest absolute Gasteiger partial charge is 0.0223 e. The van der Waals surface area contributed by atoms with Crippen LogP contribution in [0.4, 0.5) is 0 Å². The molecule has 0 spiro atoms. The Hall–Kier alpha value is 0.280. The zero-order chi connectivity index (χ0) is 8.36. The zero-order valence-corrected chi connectivity index (χ0v) is 8.17. The predicted octanol–water partition coefficient (Wildman–Crippen LogP) is 2.74. The van der Waals surface area contributed by atoms with Gasteiger partial charge in [0.2, 0.25) is 0 Å². The van der Waals surface area contributed by atoms with Crippen LogP contribution in [0, 0.1) is 0 Å². The van der Waals surface area contributed by atoms with E-state index in [1.165, 1.54) is 18.4 Å². The van der Waals surface area contributed by atoms with E-state index in [4.69, 9.17) is 23.2 Å². The van der Waals surface area contributed by atoms with Gasteiger partial charge in [0.15, 0.2) is 0 Å². The van der Waals surface area contributed by atoms with E-state index in [1.54, 1.807) is 0 Å². The maximum atomic E-state index is 5.52. The highest BCUT2D eigenvalue weighted by Crippen LogP contribution is 1.95. The Labute approximate surface area is 78.8 Å². The normalized spacial score (nSPS) is 11.1. The van der Waals surface area contributed by atoms with Gasteiger partial charge in [-0.3, -0.25) is 0 Å². The Bertz CT molecular complexity index is 94.1. The van der Waals surface area contributed by atoms with Gasteiger partial charge in [-0.2, -0.15) is 0 Å². The van der Waals surface area contributed by atoms with Crippen molar-refractivity contribution < 1.29 is 0 Å². The third-order valence-electron chi connectivity index (χ3n) is 1.34. The van der Waals surface area contributed by atoms with Gasteiger partial charge < -0.3 is 5.32 Å². The number of halogens is 2. The van der Waals surface area contributed by atoms with Crippen molar-refractivity contribution in [3.05, 3.63) is 11.6 Å². The first-order chi connectivity index (χ1) is 5.41. The van der Waals surface area contributed by atoms with Gasteiger partial charge in [0.1, 0.15) is 0 Å². The monoisotopic (exact) mass is 195 g/mol. The molecule has 0 rings (SSSR count). The summed E-state index contributed by atoms with van der Waals surface area (Å²) in [6.07, 6.45) is 5.42. The molecule has 0 bridgehead atoms. The SMILES string of the molecule is Cl/C=C/CNCCCCCCl. The standard InChI is InChI=1S/C8H15Cl2N/c9-5-2-1-3-7-11-8-4-6-10/h4,6,11H,1-3,5,7-8H2/b6-4+. The topological polar surface area (TPSA) is 12.0 Å². The maximum Gasteiger partial charge on any atom is 0.0223 e. The molecule has 0 amide bonds. The van der Waals surface area contributed by atoms with E-state index < -0.39 is 0 Å². The van der Waals surface area contributed by atoms with Gasteiger partial charge in [-0.1, -0.05) is 24.1 Å². The van der Waals surface area contributed by atoms with E-state index in [0.29, 0.717) is 0 Å². The van der Waals surface area contributed by atoms with E-state index in [0.717, 1.165) is 25.4 Å². The van der Waals surface area contributed by atoms with Crippen LogP contribution in [0.1, 0.15) is 19.3 Å². The Morgan fingerprint density at radius 1 is 1.18 bits per heavy atom. The molecule has 1 N–H and O–H groups in total. The average molecular weight is 196 g/mol. The van der Waals surface area contributed by atoms with Crippen molar-refractivity contribution in [1.82, 2.24) is 5.32 Å². The van der Waals surface area contributed by atoms with Crippen LogP contribution in [0.5, 0.6) is 0 Å². The van der Waals surface area contributed by atoms with Gasteiger partial charge in [0.05, 0.1) is 0 Å². The second-order valence-electron chi connectivity index (χ2n) is 2.32. The lowest BCUT2D eigenvalue weighted by Gasteiger charge is -1.99. The number of alkyl halides is 1. The summed E-state index contributed by atoms with van der Waals surface area (Å²) in [6, 6.07) is 0. The van der Waals surface area contributed by atoms with Crippen molar-refractivity contribution in [2.75, 3.05) is 19.0 Å². The van der Waals surface area contributed by atoms with Crippen molar-refractivity contribution >= 4 is 23.2 Å². The first-order valence-electron chi connectivity index (χ1n) is 3.93. The fourth-order valence-corrected chi connectivity index (χ4v) is 1.03. The Morgan fingerprint density at radius 3 is 2.64 bits per heavy atom. The van der Waals surface area contributed by atoms with E-state index in [2.05, 4.69) is 5.32 Å². The number of nitrogens with one attached hydrogen (secondary N) is 1. The summed E-state index contributed by atoms with van der Waals surface area (Å²) in [5.41, 5.74) is 1.53. The molecule has 0 unspecified atom stereocenters. The average Bonchev–Trinajstić information content (AvgIpc) is 2.03. The lowest BCUT2D eigenvalue weighted by atomic mass is 10.2. The van der Waals surface area contributed by atoms with Crippen molar-refractivity contribution in [1.29, 1.82) is 0 Å². The molecule has 0 aromatic heterocycles. The van der Waals surface area contributed by atoms with Crippen molar-refractivity contribution in [2.45, 2.75) is 19.3 Å². The molecule has 0 aromatic carbocycles. The molecule has 0 saturated heterocycles. The zero-order valence-electron chi connectivity index (χ0n) is 6.65. The fraction of sp³-hybridized carbons (Fsp3) is 0.750. The summed E-state index contributed by atoms with van der Waals surface area (Å²) in [4.78, 5) is 0. The number of rotatable bonds is 7. The minimum Gasteiger partial charge on any atom is -0.313 e. The first-order valence-corrected chi connectivity index (χ1v) is 4.91. The summed E-state index contributed by atoms with van der Waals surface area (Å²) in [7, 11) is 0. The highest BCUT2D eigenvalue weighted by Gasteiger charge is 1.86. The number of hydrogen-bond donors (Lipinski definition) is 1. The maximum absolute atomic E-state index is 5.52. The van der Waals surface area contributed by atoms with Gasteiger partial charge >= 0.3 is 0 Å². The van der Waals surface area contributed by atoms with Crippen molar-refractivity contribution in [3.8, 4) is 0 Å².